The summed E-state index contributed by atoms with van der Waals surface area (Å²) < 4.78 is 10.1. The van der Waals surface area contributed by atoms with Crippen molar-refractivity contribution in [2.45, 2.75) is 0 Å². The first-order valence-corrected chi connectivity index (χ1v) is 6.85. The third-order valence-electron chi connectivity index (χ3n) is 2.49. The summed E-state index contributed by atoms with van der Waals surface area (Å²) in [6.45, 7) is -0.431. The van der Waals surface area contributed by atoms with Crippen molar-refractivity contribution in [3.05, 3.63) is 40.6 Å². The summed E-state index contributed by atoms with van der Waals surface area (Å²) in [6.07, 6.45) is 0. The van der Waals surface area contributed by atoms with Crippen LogP contribution >= 0.6 is 11.3 Å². The Bertz CT molecular complexity index is 652. The molecule has 0 aliphatic carbocycles. The molecule has 0 bridgehead atoms. The average Bonchev–Trinajstić information content (AvgIpc) is 2.94. The van der Waals surface area contributed by atoms with Crippen LogP contribution in [0.15, 0.2) is 35.7 Å². The maximum absolute atomic E-state index is 12.0. The van der Waals surface area contributed by atoms with Crippen molar-refractivity contribution in [1.29, 1.82) is 0 Å². The molecule has 21 heavy (non-hydrogen) atoms. The molecule has 110 valence electrons. The minimum atomic E-state index is -1.06. The number of anilines is 1. The van der Waals surface area contributed by atoms with Gasteiger partial charge < -0.3 is 19.9 Å². The van der Waals surface area contributed by atoms with E-state index in [1.165, 1.54) is 18.4 Å². The fraction of sp³-hybridized carbons (Fsp3) is 0.143. The van der Waals surface area contributed by atoms with Crippen LogP contribution in [0.3, 0.4) is 0 Å². The summed E-state index contributed by atoms with van der Waals surface area (Å²) in [5.74, 6) is -0.323. The molecule has 0 saturated carbocycles. The number of hydrogen-bond acceptors (Lipinski definition) is 5. The third-order valence-corrected chi connectivity index (χ3v) is 3.40. The smallest absolute Gasteiger partial charge is 0.341 e. The van der Waals surface area contributed by atoms with Crippen molar-refractivity contribution in [2.24, 2.45) is 0 Å². The quantitative estimate of drug-likeness (QED) is 0.856. The van der Waals surface area contributed by atoms with E-state index in [0.717, 1.165) is 0 Å². The first-order valence-electron chi connectivity index (χ1n) is 5.97. The number of rotatable bonds is 6. The van der Waals surface area contributed by atoms with E-state index in [9.17, 15) is 9.59 Å². The second kappa shape index (κ2) is 6.76. The van der Waals surface area contributed by atoms with E-state index in [1.54, 1.807) is 35.7 Å². The van der Waals surface area contributed by atoms with Gasteiger partial charge in [0.15, 0.2) is 6.61 Å². The second-order valence-electron chi connectivity index (χ2n) is 4.02. The van der Waals surface area contributed by atoms with E-state index in [4.69, 9.17) is 14.6 Å². The highest BCUT2D eigenvalue weighted by Crippen LogP contribution is 2.23. The van der Waals surface area contributed by atoms with E-state index < -0.39 is 12.6 Å². The molecular weight excluding hydrogens is 294 g/mol. The molecule has 0 fully saturated rings. The highest BCUT2D eigenvalue weighted by molar-refractivity contribution is 7.12. The summed E-state index contributed by atoms with van der Waals surface area (Å²) in [5, 5.41) is 13.0. The van der Waals surface area contributed by atoms with Gasteiger partial charge in [0, 0.05) is 23.2 Å². The zero-order valence-corrected chi connectivity index (χ0v) is 12.0. The lowest BCUT2D eigenvalue weighted by atomic mass is 10.3. The van der Waals surface area contributed by atoms with Crippen molar-refractivity contribution >= 4 is 28.9 Å². The fourth-order valence-corrected chi connectivity index (χ4v) is 2.30. The van der Waals surface area contributed by atoms with Gasteiger partial charge in [0.1, 0.15) is 11.5 Å². The Morgan fingerprint density at radius 1 is 1.29 bits per heavy atom. The standard InChI is InChI=1S/C14H13NO5S/c1-19-11-6-12(21-8-11)14(18)15-9-3-2-4-10(5-9)20-7-13(16)17/h2-6,8H,7H2,1H3,(H,15,18)(H,16,17). The van der Waals surface area contributed by atoms with E-state index in [0.29, 0.717) is 22.1 Å². The molecule has 0 radical (unpaired) electrons. The van der Waals surface area contributed by atoms with Gasteiger partial charge in [0.05, 0.1) is 12.0 Å². The normalized spacial score (nSPS) is 9.95. The molecule has 7 heteroatoms. The van der Waals surface area contributed by atoms with Crippen molar-refractivity contribution in [3.8, 4) is 11.5 Å². The predicted molar refractivity (Wildman–Crippen MR) is 78.4 cm³/mol. The summed E-state index contributed by atoms with van der Waals surface area (Å²) in [4.78, 5) is 23.0. The van der Waals surface area contributed by atoms with Gasteiger partial charge in [-0.1, -0.05) is 6.07 Å². The second-order valence-corrected chi connectivity index (χ2v) is 4.93. The van der Waals surface area contributed by atoms with Crippen molar-refractivity contribution in [2.75, 3.05) is 19.0 Å². The van der Waals surface area contributed by atoms with Crippen molar-refractivity contribution < 1.29 is 24.2 Å². The Morgan fingerprint density at radius 2 is 2.10 bits per heavy atom. The highest BCUT2D eigenvalue weighted by atomic mass is 32.1. The van der Waals surface area contributed by atoms with Crippen LogP contribution in [0.4, 0.5) is 5.69 Å². The fourth-order valence-electron chi connectivity index (χ4n) is 1.55. The van der Waals surface area contributed by atoms with Gasteiger partial charge in [-0.25, -0.2) is 4.79 Å². The van der Waals surface area contributed by atoms with Crippen LogP contribution in [-0.4, -0.2) is 30.7 Å². The number of methoxy groups -OCH3 is 1. The molecule has 6 nitrogen and oxygen atoms in total. The van der Waals surface area contributed by atoms with Gasteiger partial charge in [-0.2, -0.15) is 0 Å². The van der Waals surface area contributed by atoms with Crippen LogP contribution < -0.4 is 14.8 Å². The number of nitrogens with one attached hydrogen (secondary N) is 1. The Morgan fingerprint density at radius 3 is 2.76 bits per heavy atom. The summed E-state index contributed by atoms with van der Waals surface area (Å²) >= 11 is 1.27. The monoisotopic (exact) mass is 307 g/mol. The zero-order valence-electron chi connectivity index (χ0n) is 11.2. The number of benzene rings is 1. The predicted octanol–water partition coefficient (Wildman–Crippen LogP) is 2.47. The summed E-state index contributed by atoms with van der Waals surface area (Å²) in [7, 11) is 1.53. The molecule has 0 unspecified atom stereocenters. The molecule has 1 aromatic heterocycles. The molecule has 1 heterocycles. The van der Waals surface area contributed by atoms with Crippen LogP contribution in [0.25, 0.3) is 0 Å². The minimum Gasteiger partial charge on any atom is -0.496 e. The zero-order chi connectivity index (χ0) is 15.2. The largest absolute Gasteiger partial charge is 0.496 e. The molecule has 0 saturated heterocycles. The maximum Gasteiger partial charge on any atom is 0.341 e. The van der Waals surface area contributed by atoms with Crippen LogP contribution in [0.5, 0.6) is 11.5 Å². The number of carbonyl (C=O) groups is 2. The van der Waals surface area contributed by atoms with E-state index in [1.807, 2.05) is 0 Å². The first kappa shape index (κ1) is 14.9. The number of hydrogen-bond donors (Lipinski definition) is 2. The third kappa shape index (κ3) is 4.22. The molecule has 2 rings (SSSR count). The Labute approximate surface area is 124 Å². The molecule has 0 spiro atoms. The van der Waals surface area contributed by atoms with Gasteiger partial charge in [0.2, 0.25) is 0 Å². The number of ether oxygens (including phenoxy) is 2. The minimum absolute atomic E-state index is 0.265. The highest BCUT2D eigenvalue weighted by Gasteiger charge is 2.10. The molecule has 0 atom stereocenters. The molecule has 1 amide bonds. The average molecular weight is 307 g/mol. The van der Waals surface area contributed by atoms with Crippen molar-refractivity contribution in [1.82, 2.24) is 0 Å². The Balaban J connectivity index is 2.03. The van der Waals surface area contributed by atoms with Crippen molar-refractivity contribution in [3.63, 3.8) is 0 Å². The van der Waals surface area contributed by atoms with Crippen LogP contribution in [0.2, 0.25) is 0 Å². The topological polar surface area (TPSA) is 84.9 Å². The van der Waals surface area contributed by atoms with E-state index in [-0.39, 0.29) is 5.91 Å². The number of aliphatic carboxylic acids is 1. The molecule has 0 aliphatic rings. The number of amides is 1. The lowest BCUT2D eigenvalue weighted by molar-refractivity contribution is -0.139. The molecule has 1 aromatic carbocycles. The number of carbonyl (C=O) groups excluding carboxylic acids is 1. The van der Waals surface area contributed by atoms with Crippen LogP contribution in [0.1, 0.15) is 9.67 Å². The van der Waals surface area contributed by atoms with Gasteiger partial charge >= 0.3 is 5.97 Å². The van der Waals surface area contributed by atoms with Gasteiger partial charge in [-0.15, -0.1) is 11.3 Å². The number of carboxylic acid groups (broad SMARTS) is 1. The van der Waals surface area contributed by atoms with E-state index >= 15 is 0 Å². The lowest BCUT2D eigenvalue weighted by Gasteiger charge is -2.07. The Kier molecular flexibility index (Phi) is 4.78. The maximum atomic E-state index is 12.0. The van der Waals surface area contributed by atoms with Crippen LogP contribution in [0, 0.1) is 0 Å². The summed E-state index contributed by atoms with van der Waals surface area (Å²) in [5.41, 5.74) is 0.523. The van der Waals surface area contributed by atoms with Gasteiger partial charge in [0.25, 0.3) is 5.91 Å². The van der Waals surface area contributed by atoms with Crippen LogP contribution in [-0.2, 0) is 4.79 Å². The van der Waals surface area contributed by atoms with Gasteiger partial charge in [-0.05, 0) is 12.1 Å². The molecule has 0 aliphatic heterocycles. The Hall–Kier alpha value is -2.54. The number of thiophene rings is 1. The SMILES string of the molecule is COc1csc(C(=O)Nc2cccc(OCC(=O)O)c2)c1. The molecule has 2 aromatic rings. The lowest BCUT2D eigenvalue weighted by Crippen LogP contribution is -2.11. The van der Waals surface area contributed by atoms with E-state index in [2.05, 4.69) is 5.32 Å². The molecule has 2 N–H and O–H groups in total. The summed E-state index contributed by atoms with van der Waals surface area (Å²) in [6, 6.07) is 8.18. The number of carboxylic acids is 1. The van der Waals surface area contributed by atoms with Gasteiger partial charge in [-0.3, -0.25) is 4.79 Å². The first-order chi connectivity index (χ1) is 10.1. The molecular formula is C14H13NO5S.